The van der Waals surface area contributed by atoms with Crippen LogP contribution in [-0.4, -0.2) is 24.0 Å². The van der Waals surface area contributed by atoms with Crippen LogP contribution in [0.1, 0.15) is 21.1 Å². The Kier molecular flexibility index (Phi) is 4.77. The predicted molar refractivity (Wildman–Crippen MR) is 92.5 cm³/mol. The standard InChI is InChI=1S/C16H14N2O4S2/c1-9-11(18-15(22-9)12-4-3-6-23-12)8-13(19)17-10-5-7-24-14(10)16(20)21-2/h3-7H,8H2,1-2H3,(H,17,19). The molecule has 24 heavy (non-hydrogen) atoms. The molecular formula is C16H14N2O4S2. The van der Waals surface area contributed by atoms with Crippen molar-refractivity contribution in [1.29, 1.82) is 0 Å². The van der Waals surface area contributed by atoms with Crippen LogP contribution in [0.3, 0.4) is 0 Å². The smallest absolute Gasteiger partial charge is 0.350 e. The van der Waals surface area contributed by atoms with E-state index in [-0.39, 0.29) is 12.3 Å². The zero-order valence-corrected chi connectivity index (χ0v) is 14.6. The lowest BCUT2D eigenvalue weighted by Gasteiger charge is -2.04. The number of carbonyl (C=O) groups is 2. The molecule has 0 fully saturated rings. The number of nitrogens with one attached hydrogen (secondary N) is 1. The summed E-state index contributed by atoms with van der Waals surface area (Å²) in [5, 5.41) is 6.37. The molecule has 0 spiro atoms. The molecule has 0 bridgehead atoms. The van der Waals surface area contributed by atoms with Crippen molar-refractivity contribution in [2.45, 2.75) is 13.3 Å². The number of carbonyl (C=O) groups excluding carboxylic acids is 2. The molecule has 8 heteroatoms. The lowest BCUT2D eigenvalue weighted by molar-refractivity contribution is -0.115. The van der Waals surface area contributed by atoms with E-state index in [0.29, 0.717) is 27.9 Å². The summed E-state index contributed by atoms with van der Waals surface area (Å²) in [6, 6.07) is 5.49. The second-order valence-electron chi connectivity index (χ2n) is 4.88. The topological polar surface area (TPSA) is 81.4 Å². The van der Waals surface area contributed by atoms with Crippen molar-refractivity contribution in [2.75, 3.05) is 12.4 Å². The highest BCUT2D eigenvalue weighted by Crippen LogP contribution is 2.27. The summed E-state index contributed by atoms with van der Waals surface area (Å²) in [6.45, 7) is 1.77. The van der Waals surface area contributed by atoms with Gasteiger partial charge in [-0.15, -0.1) is 22.7 Å². The van der Waals surface area contributed by atoms with Crippen LogP contribution in [0.2, 0.25) is 0 Å². The van der Waals surface area contributed by atoms with Gasteiger partial charge in [0.2, 0.25) is 11.8 Å². The third-order valence-corrected chi connectivity index (χ3v) is 5.02. The summed E-state index contributed by atoms with van der Waals surface area (Å²) in [5.74, 6) is 0.369. The van der Waals surface area contributed by atoms with E-state index in [2.05, 4.69) is 10.3 Å². The molecule has 1 amide bonds. The minimum Gasteiger partial charge on any atom is -0.465 e. The average molecular weight is 362 g/mol. The number of esters is 1. The summed E-state index contributed by atoms with van der Waals surface area (Å²) in [4.78, 5) is 29.6. The molecule has 3 aromatic heterocycles. The molecule has 3 rings (SSSR count). The quantitative estimate of drug-likeness (QED) is 0.699. The van der Waals surface area contributed by atoms with Gasteiger partial charge < -0.3 is 14.5 Å². The number of amides is 1. The van der Waals surface area contributed by atoms with Crippen molar-refractivity contribution in [2.24, 2.45) is 0 Å². The van der Waals surface area contributed by atoms with E-state index in [4.69, 9.17) is 9.15 Å². The second kappa shape index (κ2) is 6.98. The van der Waals surface area contributed by atoms with Crippen LogP contribution in [0, 0.1) is 6.92 Å². The zero-order valence-electron chi connectivity index (χ0n) is 13.0. The maximum atomic E-state index is 12.3. The highest BCUT2D eigenvalue weighted by molar-refractivity contribution is 7.13. The lowest BCUT2D eigenvalue weighted by Crippen LogP contribution is -2.16. The van der Waals surface area contributed by atoms with Crippen LogP contribution in [0.15, 0.2) is 33.4 Å². The first-order valence-electron chi connectivity index (χ1n) is 7.04. The van der Waals surface area contributed by atoms with Crippen molar-refractivity contribution in [3.8, 4) is 10.8 Å². The molecule has 3 heterocycles. The van der Waals surface area contributed by atoms with E-state index < -0.39 is 5.97 Å². The van der Waals surface area contributed by atoms with Crippen LogP contribution < -0.4 is 5.32 Å². The molecular weight excluding hydrogens is 348 g/mol. The molecule has 0 unspecified atom stereocenters. The van der Waals surface area contributed by atoms with Crippen molar-refractivity contribution in [3.63, 3.8) is 0 Å². The number of hydrogen-bond acceptors (Lipinski definition) is 7. The number of thiophene rings is 2. The van der Waals surface area contributed by atoms with E-state index in [1.165, 1.54) is 29.8 Å². The van der Waals surface area contributed by atoms with Gasteiger partial charge in [0.1, 0.15) is 10.6 Å². The van der Waals surface area contributed by atoms with Gasteiger partial charge >= 0.3 is 5.97 Å². The molecule has 0 aliphatic carbocycles. The van der Waals surface area contributed by atoms with Gasteiger partial charge in [-0.2, -0.15) is 0 Å². The number of nitrogens with zero attached hydrogens (tertiary/aromatic N) is 1. The number of aryl methyl sites for hydroxylation is 1. The van der Waals surface area contributed by atoms with Gasteiger partial charge in [-0.3, -0.25) is 4.79 Å². The number of rotatable bonds is 5. The van der Waals surface area contributed by atoms with Crippen LogP contribution >= 0.6 is 22.7 Å². The molecule has 6 nitrogen and oxygen atoms in total. The minimum atomic E-state index is -0.474. The molecule has 3 aromatic rings. The summed E-state index contributed by atoms with van der Waals surface area (Å²) in [6.07, 6.45) is 0.0666. The van der Waals surface area contributed by atoms with Crippen LogP contribution in [0.5, 0.6) is 0 Å². The number of aromatic nitrogens is 1. The third-order valence-electron chi connectivity index (χ3n) is 3.26. The Morgan fingerprint density at radius 2 is 2.12 bits per heavy atom. The maximum absolute atomic E-state index is 12.3. The Morgan fingerprint density at radius 1 is 1.29 bits per heavy atom. The van der Waals surface area contributed by atoms with Gasteiger partial charge in [0.05, 0.1) is 29.8 Å². The summed E-state index contributed by atoms with van der Waals surface area (Å²) in [5.41, 5.74) is 1.02. The van der Waals surface area contributed by atoms with Crippen molar-refractivity contribution in [1.82, 2.24) is 4.98 Å². The van der Waals surface area contributed by atoms with Gasteiger partial charge in [0, 0.05) is 0 Å². The molecule has 0 saturated heterocycles. The van der Waals surface area contributed by atoms with Crippen molar-refractivity contribution >= 4 is 40.2 Å². The van der Waals surface area contributed by atoms with Crippen LogP contribution in [-0.2, 0) is 16.0 Å². The summed E-state index contributed by atoms with van der Waals surface area (Å²) in [7, 11) is 1.30. The number of methoxy groups -OCH3 is 1. The fourth-order valence-corrected chi connectivity index (χ4v) is 3.52. The van der Waals surface area contributed by atoms with Crippen molar-refractivity contribution in [3.05, 3.63) is 45.3 Å². The second-order valence-corrected chi connectivity index (χ2v) is 6.74. The predicted octanol–water partition coefficient (Wildman–Crippen LogP) is 3.74. The maximum Gasteiger partial charge on any atom is 0.350 e. The first-order chi connectivity index (χ1) is 11.6. The fraction of sp³-hybridized carbons (Fsp3) is 0.188. The Hall–Kier alpha value is -2.45. The monoisotopic (exact) mass is 362 g/mol. The minimum absolute atomic E-state index is 0.0666. The highest BCUT2D eigenvalue weighted by atomic mass is 32.1. The normalized spacial score (nSPS) is 10.6. The Morgan fingerprint density at radius 3 is 2.83 bits per heavy atom. The average Bonchev–Trinajstić information content (AvgIpc) is 3.28. The molecule has 0 radical (unpaired) electrons. The summed E-state index contributed by atoms with van der Waals surface area (Å²) < 4.78 is 10.3. The number of ether oxygens (including phenoxy) is 1. The number of oxazole rings is 1. The Labute approximate surface area is 146 Å². The molecule has 0 aliphatic rings. The molecule has 124 valence electrons. The fourth-order valence-electron chi connectivity index (χ4n) is 2.10. The van der Waals surface area contributed by atoms with E-state index >= 15 is 0 Å². The third kappa shape index (κ3) is 3.39. The highest BCUT2D eigenvalue weighted by Gasteiger charge is 2.18. The number of anilines is 1. The molecule has 1 N–H and O–H groups in total. The van der Waals surface area contributed by atoms with E-state index in [0.717, 1.165) is 4.88 Å². The first-order valence-corrected chi connectivity index (χ1v) is 8.80. The SMILES string of the molecule is COC(=O)c1sccc1NC(=O)Cc1nc(-c2cccs2)oc1C. The van der Waals surface area contributed by atoms with Crippen LogP contribution in [0.4, 0.5) is 5.69 Å². The van der Waals surface area contributed by atoms with Crippen molar-refractivity contribution < 1.29 is 18.7 Å². The summed E-state index contributed by atoms with van der Waals surface area (Å²) >= 11 is 2.74. The van der Waals surface area contributed by atoms with E-state index in [1.807, 2.05) is 17.5 Å². The molecule has 0 aromatic carbocycles. The van der Waals surface area contributed by atoms with Gasteiger partial charge in [-0.05, 0) is 29.8 Å². The van der Waals surface area contributed by atoms with Crippen LogP contribution in [0.25, 0.3) is 10.8 Å². The van der Waals surface area contributed by atoms with E-state index in [9.17, 15) is 9.59 Å². The first kappa shape index (κ1) is 16.4. The zero-order chi connectivity index (χ0) is 17.1. The van der Waals surface area contributed by atoms with E-state index in [1.54, 1.807) is 18.4 Å². The Balaban J connectivity index is 1.72. The van der Waals surface area contributed by atoms with Gasteiger partial charge in [-0.1, -0.05) is 6.07 Å². The van der Waals surface area contributed by atoms with Gasteiger partial charge in [0.25, 0.3) is 0 Å². The molecule has 0 atom stereocenters. The largest absolute Gasteiger partial charge is 0.465 e. The van der Waals surface area contributed by atoms with Gasteiger partial charge in [0.15, 0.2) is 0 Å². The van der Waals surface area contributed by atoms with Gasteiger partial charge in [-0.25, -0.2) is 9.78 Å². The Bertz CT molecular complexity index is 865. The lowest BCUT2D eigenvalue weighted by atomic mass is 10.2. The number of hydrogen-bond donors (Lipinski definition) is 1. The molecule has 0 saturated carbocycles. The molecule has 0 aliphatic heterocycles.